The number of sulfone groups is 1. The lowest BCUT2D eigenvalue weighted by Crippen LogP contribution is -2.45. The normalized spacial score (nSPS) is 19.3. The van der Waals surface area contributed by atoms with E-state index in [4.69, 9.17) is 11.6 Å². The number of benzene rings is 2. The van der Waals surface area contributed by atoms with Crippen LogP contribution in [0.25, 0.3) is 0 Å². The Kier molecular flexibility index (Phi) is 6.75. The lowest BCUT2D eigenvalue weighted by atomic mass is 10.1. The van der Waals surface area contributed by atoms with Crippen molar-refractivity contribution in [1.29, 1.82) is 0 Å². The summed E-state index contributed by atoms with van der Waals surface area (Å²) in [7, 11) is -3.07. The molecule has 0 unspecified atom stereocenters. The number of nitrogens with one attached hydrogen (secondary N) is 1. The SMILES string of the molecule is C[C@@H](NCC(=O)N(Cc1ccccc1)[C@@H]1CCS(=O)(=O)C1)c1ccc(Cl)cc1. The van der Waals surface area contributed by atoms with Crippen LogP contribution in [0.2, 0.25) is 5.02 Å². The van der Waals surface area contributed by atoms with Gasteiger partial charge in [0.2, 0.25) is 5.91 Å². The number of rotatable bonds is 7. The van der Waals surface area contributed by atoms with Crippen molar-refractivity contribution in [1.82, 2.24) is 10.2 Å². The molecule has 1 amide bonds. The van der Waals surface area contributed by atoms with E-state index in [9.17, 15) is 13.2 Å². The lowest BCUT2D eigenvalue weighted by molar-refractivity contribution is -0.132. The van der Waals surface area contributed by atoms with Crippen molar-refractivity contribution in [2.45, 2.75) is 32.0 Å². The minimum absolute atomic E-state index is 0.0212. The average molecular weight is 421 g/mol. The molecule has 1 aliphatic heterocycles. The number of hydrogen-bond donors (Lipinski definition) is 1. The van der Waals surface area contributed by atoms with Crippen LogP contribution in [0.3, 0.4) is 0 Å². The number of nitrogens with zero attached hydrogens (tertiary/aromatic N) is 1. The molecule has 0 aromatic heterocycles. The van der Waals surface area contributed by atoms with Gasteiger partial charge in [0.1, 0.15) is 0 Å². The monoisotopic (exact) mass is 420 g/mol. The van der Waals surface area contributed by atoms with Gasteiger partial charge in [-0.2, -0.15) is 0 Å². The molecule has 1 aliphatic rings. The number of halogens is 1. The van der Waals surface area contributed by atoms with Gasteiger partial charge >= 0.3 is 0 Å². The Balaban J connectivity index is 1.68. The van der Waals surface area contributed by atoms with Gasteiger partial charge in [-0.15, -0.1) is 0 Å². The second kappa shape index (κ2) is 9.07. The van der Waals surface area contributed by atoms with Crippen LogP contribution >= 0.6 is 11.6 Å². The molecule has 0 saturated carbocycles. The maximum absolute atomic E-state index is 13.0. The van der Waals surface area contributed by atoms with Gasteiger partial charge in [0, 0.05) is 23.7 Å². The summed E-state index contributed by atoms with van der Waals surface area (Å²) in [4.78, 5) is 14.7. The Hall–Kier alpha value is -1.89. The molecular weight excluding hydrogens is 396 g/mol. The summed E-state index contributed by atoms with van der Waals surface area (Å²) < 4.78 is 23.9. The Bertz CT molecular complexity index is 901. The van der Waals surface area contributed by atoms with Crippen LogP contribution in [0.4, 0.5) is 0 Å². The summed E-state index contributed by atoms with van der Waals surface area (Å²) in [6, 6.07) is 16.9. The number of amides is 1. The van der Waals surface area contributed by atoms with Crippen LogP contribution in [-0.4, -0.2) is 43.3 Å². The van der Waals surface area contributed by atoms with Gasteiger partial charge in [-0.3, -0.25) is 4.79 Å². The predicted octanol–water partition coefficient (Wildman–Crippen LogP) is 3.21. The molecule has 1 saturated heterocycles. The van der Waals surface area contributed by atoms with Crippen LogP contribution in [-0.2, 0) is 21.2 Å². The summed E-state index contributed by atoms with van der Waals surface area (Å²) in [6.45, 7) is 2.54. The third-order valence-corrected chi connectivity index (χ3v) is 7.10. The Labute approximate surface area is 171 Å². The van der Waals surface area contributed by atoms with Crippen LogP contribution < -0.4 is 5.32 Å². The second-order valence-corrected chi connectivity index (χ2v) is 9.88. The number of hydrogen-bond acceptors (Lipinski definition) is 4. The van der Waals surface area contributed by atoms with Crippen LogP contribution in [0, 0.1) is 0 Å². The van der Waals surface area contributed by atoms with Gasteiger partial charge in [-0.05, 0) is 36.6 Å². The summed E-state index contributed by atoms with van der Waals surface area (Å²) in [6.07, 6.45) is 0.494. The van der Waals surface area contributed by atoms with Gasteiger partial charge in [-0.1, -0.05) is 54.1 Å². The van der Waals surface area contributed by atoms with Crippen LogP contribution in [0.15, 0.2) is 54.6 Å². The summed E-state index contributed by atoms with van der Waals surface area (Å²) >= 11 is 5.93. The minimum Gasteiger partial charge on any atom is -0.333 e. The zero-order valence-corrected chi connectivity index (χ0v) is 17.4. The third-order valence-electron chi connectivity index (χ3n) is 5.09. The maximum Gasteiger partial charge on any atom is 0.237 e. The van der Waals surface area contributed by atoms with Crippen molar-refractivity contribution in [2.24, 2.45) is 0 Å². The van der Waals surface area contributed by atoms with Crippen molar-refractivity contribution in [3.63, 3.8) is 0 Å². The van der Waals surface area contributed by atoms with E-state index >= 15 is 0 Å². The highest BCUT2D eigenvalue weighted by molar-refractivity contribution is 7.91. The molecule has 28 heavy (non-hydrogen) atoms. The fourth-order valence-electron chi connectivity index (χ4n) is 3.43. The minimum atomic E-state index is -3.07. The molecule has 1 N–H and O–H groups in total. The van der Waals surface area contributed by atoms with Gasteiger partial charge in [0.15, 0.2) is 9.84 Å². The molecule has 1 fully saturated rings. The van der Waals surface area contributed by atoms with E-state index in [1.165, 1.54) is 0 Å². The number of carbonyl (C=O) groups is 1. The highest BCUT2D eigenvalue weighted by Crippen LogP contribution is 2.21. The van der Waals surface area contributed by atoms with E-state index in [2.05, 4.69) is 5.32 Å². The molecule has 150 valence electrons. The van der Waals surface area contributed by atoms with Crippen molar-refractivity contribution in [3.05, 3.63) is 70.7 Å². The summed E-state index contributed by atoms with van der Waals surface area (Å²) in [5.41, 5.74) is 2.03. The molecule has 2 aromatic rings. The molecule has 5 nitrogen and oxygen atoms in total. The lowest BCUT2D eigenvalue weighted by Gasteiger charge is -2.29. The number of carbonyl (C=O) groups excluding carboxylic acids is 1. The first-order valence-corrected chi connectivity index (χ1v) is 11.6. The fraction of sp³-hybridized carbons (Fsp3) is 0.381. The van der Waals surface area contributed by atoms with Crippen molar-refractivity contribution < 1.29 is 13.2 Å². The largest absolute Gasteiger partial charge is 0.333 e. The quantitative estimate of drug-likeness (QED) is 0.746. The maximum atomic E-state index is 13.0. The smallest absolute Gasteiger partial charge is 0.237 e. The molecule has 3 rings (SSSR count). The van der Waals surface area contributed by atoms with Crippen molar-refractivity contribution in [2.75, 3.05) is 18.1 Å². The van der Waals surface area contributed by atoms with Crippen molar-refractivity contribution >= 4 is 27.3 Å². The first-order valence-electron chi connectivity index (χ1n) is 9.37. The van der Waals surface area contributed by atoms with Crippen LogP contribution in [0.5, 0.6) is 0 Å². The highest BCUT2D eigenvalue weighted by Gasteiger charge is 2.34. The van der Waals surface area contributed by atoms with E-state index in [-0.39, 0.29) is 36.0 Å². The Morgan fingerprint density at radius 1 is 1.18 bits per heavy atom. The van der Waals surface area contributed by atoms with E-state index < -0.39 is 9.84 Å². The standard InChI is InChI=1S/C21H25ClN2O3S/c1-16(18-7-9-19(22)10-8-18)23-13-21(25)24(14-17-5-3-2-4-6-17)20-11-12-28(26,27)15-20/h2-10,16,20,23H,11-15H2,1H3/t16-,20-/m1/s1. The molecule has 0 spiro atoms. The topological polar surface area (TPSA) is 66.5 Å². The second-order valence-electron chi connectivity index (χ2n) is 7.22. The Morgan fingerprint density at radius 2 is 1.86 bits per heavy atom. The Morgan fingerprint density at radius 3 is 2.46 bits per heavy atom. The van der Waals surface area contributed by atoms with Gasteiger partial charge in [0.25, 0.3) is 0 Å². The molecule has 0 aliphatic carbocycles. The average Bonchev–Trinajstić information content (AvgIpc) is 3.04. The zero-order chi connectivity index (χ0) is 20.1. The van der Waals surface area contributed by atoms with Crippen LogP contribution in [0.1, 0.15) is 30.5 Å². The predicted molar refractivity (Wildman–Crippen MR) is 112 cm³/mol. The van der Waals surface area contributed by atoms with E-state index in [0.717, 1.165) is 11.1 Å². The van der Waals surface area contributed by atoms with Crippen molar-refractivity contribution in [3.8, 4) is 0 Å². The van der Waals surface area contributed by atoms with E-state index in [0.29, 0.717) is 18.0 Å². The summed E-state index contributed by atoms with van der Waals surface area (Å²) in [5.74, 6) is 0.0927. The zero-order valence-electron chi connectivity index (χ0n) is 15.8. The molecule has 1 heterocycles. The molecule has 7 heteroatoms. The van der Waals surface area contributed by atoms with Gasteiger partial charge in [-0.25, -0.2) is 8.42 Å². The highest BCUT2D eigenvalue weighted by atomic mass is 35.5. The first kappa shape index (κ1) is 20.8. The first-order chi connectivity index (χ1) is 13.3. The third kappa shape index (κ3) is 5.56. The molecule has 0 radical (unpaired) electrons. The van der Waals surface area contributed by atoms with E-state index in [1.54, 1.807) is 4.90 Å². The molecule has 2 atom stereocenters. The van der Waals surface area contributed by atoms with E-state index in [1.807, 2.05) is 61.5 Å². The molecule has 0 bridgehead atoms. The molecular formula is C21H25ClN2O3S. The van der Waals surface area contributed by atoms with Gasteiger partial charge in [0.05, 0.1) is 18.1 Å². The summed E-state index contributed by atoms with van der Waals surface area (Å²) in [5, 5.41) is 3.91. The van der Waals surface area contributed by atoms with Gasteiger partial charge < -0.3 is 10.2 Å². The molecule has 2 aromatic carbocycles. The fourth-order valence-corrected chi connectivity index (χ4v) is 5.29.